The van der Waals surface area contributed by atoms with E-state index in [1.807, 2.05) is 50.2 Å². The van der Waals surface area contributed by atoms with Crippen LogP contribution < -0.4 is 20.1 Å². The van der Waals surface area contributed by atoms with Gasteiger partial charge in [0, 0.05) is 24.5 Å². The van der Waals surface area contributed by atoms with Crippen LogP contribution in [0.5, 0.6) is 17.4 Å². The normalized spacial score (nSPS) is 10.4. The Morgan fingerprint density at radius 1 is 0.882 bits per heavy atom. The monoisotopic (exact) mass is 455 g/mol. The van der Waals surface area contributed by atoms with Crippen LogP contribution in [-0.2, 0) is 6.42 Å². The van der Waals surface area contributed by atoms with E-state index in [4.69, 9.17) is 9.47 Å². The number of urea groups is 1. The molecular formula is C26H25N5O3. The zero-order valence-corrected chi connectivity index (χ0v) is 19.0. The van der Waals surface area contributed by atoms with Gasteiger partial charge in [0.05, 0.1) is 23.6 Å². The third-order valence-corrected chi connectivity index (χ3v) is 4.83. The summed E-state index contributed by atoms with van der Waals surface area (Å²) >= 11 is 0. The van der Waals surface area contributed by atoms with Crippen molar-refractivity contribution in [2.24, 2.45) is 0 Å². The van der Waals surface area contributed by atoms with Gasteiger partial charge >= 0.3 is 6.03 Å². The highest BCUT2D eigenvalue weighted by atomic mass is 16.5. The number of anilines is 2. The second-order valence-corrected chi connectivity index (χ2v) is 7.20. The molecule has 0 atom stereocenters. The summed E-state index contributed by atoms with van der Waals surface area (Å²) in [6.07, 6.45) is 4.14. The Labute approximate surface area is 198 Å². The Morgan fingerprint density at radius 3 is 2.50 bits per heavy atom. The molecule has 0 saturated carbocycles. The van der Waals surface area contributed by atoms with Crippen LogP contribution in [0, 0.1) is 0 Å². The molecule has 2 amide bonds. The molecule has 0 bridgehead atoms. The van der Waals surface area contributed by atoms with E-state index in [2.05, 4.69) is 25.6 Å². The lowest BCUT2D eigenvalue weighted by Gasteiger charge is -2.13. The number of para-hydroxylation sites is 2. The summed E-state index contributed by atoms with van der Waals surface area (Å²) in [5.41, 5.74) is 2.73. The summed E-state index contributed by atoms with van der Waals surface area (Å²) in [7, 11) is 0. The predicted molar refractivity (Wildman–Crippen MR) is 131 cm³/mol. The standard InChI is InChI=1S/C26H25N5O3/c1-3-24-27-17-15-21(30-24)20-8-7-16-28-25(20)34-19-13-11-18(12-14-19)29-26(32)31-22-9-5-6-10-23(22)33-4-2/h5-17H,3-4H2,1-2H3,(H2,29,31,32). The van der Waals surface area contributed by atoms with Crippen LogP contribution in [0.4, 0.5) is 16.2 Å². The van der Waals surface area contributed by atoms with Crippen LogP contribution in [0.3, 0.4) is 0 Å². The first-order valence-electron chi connectivity index (χ1n) is 11.0. The van der Waals surface area contributed by atoms with Crippen LogP contribution in [0.1, 0.15) is 19.7 Å². The molecule has 2 N–H and O–H groups in total. The Bertz CT molecular complexity index is 1260. The number of hydrogen-bond acceptors (Lipinski definition) is 6. The maximum atomic E-state index is 12.4. The number of benzene rings is 2. The van der Waals surface area contributed by atoms with E-state index in [0.717, 1.165) is 23.5 Å². The number of ether oxygens (including phenoxy) is 2. The molecule has 0 aliphatic carbocycles. The summed E-state index contributed by atoms with van der Waals surface area (Å²) in [5.74, 6) is 2.39. The van der Waals surface area contributed by atoms with Crippen LogP contribution in [0.25, 0.3) is 11.3 Å². The number of nitrogens with one attached hydrogen (secondary N) is 2. The highest BCUT2D eigenvalue weighted by Gasteiger charge is 2.12. The average molecular weight is 456 g/mol. The molecule has 0 saturated heterocycles. The Hall–Kier alpha value is -4.46. The molecule has 172 valence electrons. The summed E-state index contributed by atoms with van der Waals surface area (Å²) in [4.78, 5) is 25.6. The molecule has 0 fully saturated rings. The fourth-order valence-corrected chi connectivity index (χ4v) is 3.24. The fraction of sp³-hybridized carbons (Fsp3) is 0.154. The van der Waals surface area contributed by atoms with Gasteiger partial charge in [0.1, 0.15) is 17.3 Å². The van der Waals surface area contributed by atoms with Crippen molar-refractivity contribution in [3.05, 3.63) is 84.9 Å². The maximum Gasteiger partial charge on any atom is 0.323 e. The van der Waals surface area contributed by atoms with Crippen LogP contribution >= 0.6 is 0 Å². The van der Waals surface area contributed by atoms with Gasteiger partial charge < -0.3 is 20.1 Å². The molecule has 0 aliphatic rings. The molecular weight excluding hydrogens is 430 g/mol. The second-order valence-electron chi connectivity index (χ2n) is 7.20. The van der Waals surface area contributed by atoms with Crippen molar-refractivity contribution in [3.63, 3.8) is 0 Å². The third kappa shape index (κ3) is 5.66. The van der Waals surface area contributed by atoms with Gasteiger partial charge in [-0.1, -0.05) is 19.1 Å². The van der Waals surface area contributed by atoms with E-state index in [-0.39, 0.29) is 6.03 Å². The topological polar surface area (TPSA) is 98.3 Å². The fourth-order valence-electron chi connectivity index (χ4n) is 3.24. The second kappa shape index (κ2) is 10.9. The lowest BCUT2D eigenvalue weighted by molar-refractivity contribution is 0.262. The van der Waals surface area contributed by atoms with Crippen LogP contribution in [0.15, 0.2) is 79.1 Å². The molecule has 2 aromatic heterocycles. The predicted octanol–water partition coefficient (Wildman–Crippen LogP) is 5.94. The minimum absolute atomic E-state index is 0.372. The van der Waals surface area contributed by atoms with Gasteiger partial charge in [-0.25, -0.2) is 19.7 Å². The van der Waals surface area contributed by atoms with Gasteiger partial charge in [-0.2, -0.15) is 0 Å². The van der Waals surface area contributed by atoms with Crippen LogP contribution in [0.2, 0.25) is 0 Å². The molecule has 2 heterocycles. The highest BCUT2D eigenvalue weighted by Crippen LogP contribution is 2.31. The van der Waals surface area contributed by atoms with Gasteiger partial charge in [-0.05, 0) is 61.5 Å². The smallest absolute Gasteiger partial charge is 0.323 e. The van der Waals surface area contributed by atoms with Crippen molar-refractivity contribution >= 4 is 17.4 Å². The first kappa shape index (κ1) is 22.7. The molecule has 4 aromatic rings. The van der Waals surface area contributed by atoms with E-state index in [1.165, 1.54) is 0 Å². The van der Waals surface area contributed by atoms with Crippen molar-refractivity contribution < 1.29 is 14.3 Å². The number of aryl methyl sites for hydroxylation is 1. The number of hydrogen-bond donors (Lipinski definition) is 2. The summed E-state index contributed by atoms with van der Waals surface area (Å²) in [5, 5.41) is 5.61. The zero-order chi connectivity index (χ0) is 23.8. The molecule has 0 unspecified atom stereocenters. The van der Waals surface area contributed by atoms with Crippen molar-refractivity contribution in [2.45, 2.75) is 20.3 Å². The molecule has 8 nitrogen and oxygen atoms in total. The van der Waals surface area contributed by atoms with Crippen molar-refractivity contribution in [1.82, 2.24) is 15.0 Å². The van der Waals surface area contributed by atoms with Crippen molar-refractivity contribution in [2.75, 3.05) is 17.2 Å². The molecule has 4 rings (SSSR count). The largest absolute Gasteiger partial charge is 0.492 e. The molecule has 8 heteroatoms. The number of carbonyl (C=O) groups excluding carboxylic acids is 1. The Morgan fingerprint density at radius 2 is 1.71 bits per heavy atom. The van der Waals surface area contributed by atoms with E-state index in [1.54, 1.807) is 42.7 Å². The van der Waals surface area contributed by atoms with Crippen LogP contribution in [-0.4, -0.2) is 27.6 Å². The highest BCUT2D eigenvalue weighted by molar-refractivity contribution is 6.00. The van der Waals surface area contributed by atoms with Gasteiger partial charge in [0.2, 0.25) is 5.88 Å². The van der Waals surface area contributed by atoms with Gasteiger partial charge in [0.25, 0.3) is 0 Å². The molecule has 0 radical (unpaired) electrons. The number of pyridine rings is 1. The Balaban J connectivity index is 1.44. The van der Waals surface area contributed by atoms with E-state index >= 15 is 0 Å². The van der Waals surface area contributed by atoms with Crippen molar-refractivity contribution in [1.29, 1.82) is 0 Å². The number of aromatic nitrogens is 3. The maximum absolute atomic E-state index is 12.4. The first-order valence-corrected chi connectivity index (χ1v) is 11.0. The summed E-state index contributed by atoms with van der Waals surface area (Å²) in [6.45, 7) is 4.41. The lowest BCUT2D eigenvalue weighted by Crippen LogP contribution is -2.19. The van der Waals surface area contributed by atoms with Gasteiger partial charge in [-0.15, -0.1) is 0 Å². The minimum Gasteiger partial charge on any atom is -0.492 e. The molecule has 2 aromatic carbocycles. The minimum atomic E-state index is -0.372. The average Bonchev–Trinajstić information content (AvgIpc) is 2.87. The summed E-state index contributed by atoms with van der Waals surface area (Å²) in [6, 6.07) is 19.5. The molecule has 0 aliphatic heterocycles. The quantitative estimate of drug-likeness (QED) is 0.341. The first-order chi connectivity index (χ1) is 16.7. The molecule has 34 heavy (non-hydrogen) atoms. The third-order valence-electron chi connectivity index (χ3n) is 4.83. The number of nitrogens with zero attached hydrogens (tertiary/aromatic N) is 3. The lowest BCUT2D eigenvalue weighted by atomic mass is 10.2. The number of rotatable bonds is 8. The van der Waals surface area contributed by atoms with E-state index < -0.39 is 0 Å². The summed E-state index contributed by atoms with van der Waals surface area (Å²) < 4.78 is 11.6. The SMILES string of the molecule is CCOc1ccccc1NC(=O)Nc1ccc(Oc2ncccc2-c2ccnc(CC)n2)cc1. The zero-order valence-electron chi connectivity index (χ0n) is 19.0. The van der Waals surface area contributed by atoms with Crippen molar-refractivity contribution in [3.8, 4) is 28.6 Å². The van der Waals surface area contributed by atoms with Gasteiger partial charge in [-0.3, -0.25) is 0 Å². The van der Waals surface area contributed by atoms with E-state index in [0.29, 0.717) is 35.4 Å². The molecule has 0 spiro atoms. The number of amides is 2. The van der Waals surface area contributed by atoms with Gasteiger partial charge in [0.15, 0.2) is 0 Å². The van der Waals surface area contributed by atoms with E-state index in [9.17, 15) is 4.79 Å². The number of carbonyl (C=O) groups is 1. The Kier molecular flexibility index (Phi) is 7.29.